The van der Waals surface area contributed by atoms with Crippen molar-refractivity contribution in [2.75, 3.05) is 13.2 Å². The molecule has 1 fully saturated rings. The molecule has 1 aromatic carbocycles. The first-order valence-electron chi connectivity index (χ1n) is 7.38. The Bertz CT molecular complexity index is 556. The van der Waals surface area contributed by atoms with E-state index in [0.717, 1.165) is 18.8 Å². The lowest BCUT2D eigenvalue weighted by Gasteiger charge is -2.07. The van der Waals surface area contributed by atoms with E-state index < -0.39 is 5.82 Å². The van der Waals surface area contributed by atoms with Crippen LogP contribution in [0.25, 0.3) is 0 Å². The van der Waals surface area contributed by atoms with Crippen molar-refractivity contribution in [2.45, 2.75) is 32.1 Å². The fraction of sp³-hybridized carbons (Fsp3) is 0.471. The number of benzene rings is 1. The number of aliphatic hydroxyl groups is 1. The first-order valence-corrected chi connectivity index (χ1v) is 7.38. The molecule has 112 valence electrons. The summed E-state index contributed by atoms with van der Waals surface area (Å²) in [7, 11) is 0. The summed E-state index contributed by atoms with van der Waals surface area (Å²) in [6, 6.07) is 3.99. The van der Waals surface area contributed by atoms with Crippen molar-refractivity contribution < 1.29 is 14.3 Å². The molecule has 0 aromatic heterocycles. The second kappa shape index (κ2) is 7.80. The fourth-order valence-corrected chi connectivity index (χ4v) is 2.12. The number of halogens is 1. The number of carbonyl (C=O) groups excluding carboxylic acids is 1. The minimum Gasteiger partial charge on any atom is -0.395 e. The van der Waals surface area contributed by atoms with E-state index in [1.807, 2.05) is 0 Å². The van der Waals surface area contributed by atoms with Crippen LogP contribution in [0, 0.1) is 23.6 Å². The zero-order valence-electron chi connectivity index (χ0n) is 12.0. The molecule has 1 amide bonds. The zero-order chi connectivity index (χ0) is 15.1. The molecule has 3 nitrogen and oxygen atoms in total. The number of rotatable bonds is 6. The number of hydrogen-bond donors (Lipinski definition) is 2. The van der Waals surface area contributed by atoms with Crippen LogP contribution in [0.15, 0.2) is 18.2 Å². The molecular weight excluding hydrogens is 269 g/mol. The van der Waals surface area contributed by atoms with Gasteiger partial charge in [0.15, 0.2) is 0 Å². The SMILES string of the molecule is O=C(NCCCC1CC1)c1cc(F)ccc1C#CCCO. The predicted octanol–water partition coefficient (Wildman–Crippen LogP) is 2.48. The van der Waals surface area contributed by atoms with E-state index in [1.54, 1.807) is 0 Å². The number of carbonyl (C=O) groups is 1. The lowest BCUT2D eigenvalue weighted by Crippen LogP contribution is -2.25. The molecule has 0 atom stereocenters. The van der Waals surface area contributed by atoms with Crippen LogP contribution >= 0.6 is 0 Å². The van der Waals surface area contributed by atoms with Gasteiger partial charge in [0, 0.05) is 18.5 Å². The Morgan fingerprint density at radius 1 is 1.43 bits per heavy atom. The number of hydrogen-bond acceptors (Lipinski definition) is 2. The van der Waals surface area contributed by atoms with Gasteiger partial charge < -0.3 is 10.4 Å². The van der Waals surface area contributed by atoms with Gasteiger partial charge in [0.25, 0.3) is 5.91 Å². The predicted molar refractivity (Wildman–Crippen MR) is 79.3 cm³/mol. The van der Waals surface area contributed by atoms with Crippen LogP contribution in [0.1, 0.15) is 48.0 Å². The van der Waals surface area contributed by atoms with Gasteiger partial charge in [-0.1, -0.05) is 24.7 Å². The highest BCUT2D eigenvalue weighted by Gasteiger charge is 2.20. The summed E-state index contributed by atoms with van der Waals surface area (Å²) in [6.45, 7) is 0.576. The van der Waals surface area contributed by atoms with Crippen LogP contribution in [-0.4, -0.2) is 24.2 Å². The molecule has 0 unspecified atom stereocenters. The molecule has 1 aliphatic rings. The van der Waals surface area contributed by atoms with Crippen molar-refractivity contribution in [3.63, 3.8) is 0 Å². The summed E-state index contributed by atoms with van der Waals surface area (Å²) in [5, 5.41) is 11.5. The summed E-state index contributed by atoms with van der Waals surface area (Å²) >= 11 is 0. The first kappa shape index (κ1) is 15.5. The second-order valence-electron chi connectivity index (χ2n) is 5.31. The second-order valence-corrected chi connectivity index (χ2v) is 5.31. The average molecular weight is 289 g/mol. The Morgan fingerprint density at radius 2 is 2.24 bits per heavy atom. The van der Waals surface area contributed by atoms with Gasteiger partial charge >= 0.3 is 0 Å². The third-order valence-corrected chi connectivity index (χ3v) is 3.46. The normalized spacial score (nSPS) is 13.4. The Kier molecular flexibility index (Phi) is 5.77. The van der Waals surface area contributed by atoms with E-state index in [2.05, 4.69) is 17.2 Å². The molecule has 21 heavy (non-hydrogen) atoms. The third kappa shape index (κ3) is 5.20. The molecule has 0 heterocycles. The maximum atomic E-state index is 13.3. The van der Waals surface area contributed by atoms with Gasteiger partial charge in [0.2, 0.25) is 0 Å². The molecule has 0 spiro atoms. The van der Waals surface area contributed by atoms with Crippen molar-refractivity contribution >= 4 is 5.91 Å². The van der Waals surface area contributed by atoms with Crippen LogP contribution in [0.5, 0.6) is 0 Å². The topological polar surface area (TPSA) is 49.3 Å². The standard InChI is InChI=1S/C17H20FNO2/c18-15-9-8-14(5-1-2-11-20)16(12-15)17(21)19-10-3-4-13-6-7-13/h8-9,12-13,20H,2-4,6-7,10-11H2,(H,19,21). The van der Waals surface area contributed by atoms with Crippen molar-refractivity contribution in [2.24, 2.45) is 5.92 Å². The highest BCUT2D eigenvalue weighted by molar-refractivity contribution is 5.96. The first-order chi connectivity index (χ1) is 10.2. The number of amides is 1. The van der Waals surface area contributed by atoms with Gasteiger partial charge in [-0.25, -0.2) is 4.39 Å². The third-order valence-electron chi connectivity index (χ3n) is 3.46. The quantitative estimate of drug-likeness (QED) is 0.624. The van der Waals surface area contributed by atoms with Gasteiger partial charge in [-0.05, 0) is 37.0 Å². The average Bonchev–Trinajstić information content (AvgIpc) is 3.29. The molecular formula is C17H20FNO2. The monoisotopic (exact) mass is 289 g/mol. The summed E-state index contributed by atoms with van der Waals surface area (Å²) in [5.41, 5.74) is 0.747. The number of nitrogens with one attached hydrogen (secondary N) is 1. The Labute approximate surface area is 124 Å². The molecule has 1 saturated carbocycles. The molecule has 0 saturated heterocycles. The van der Waals surface area contributed by atoms with E-state index in [9.17, 15) is 9.18 Å². The van der Waals surface area contributed by atoms with Crippen LogP contribution in [-0.2, 0) is 0 Å². The fourth-order valence-electron chi connectivity index (χ4n) is 2.12. The lowest BCUT2D eigenvalue weighted by atomic mass is 10.1. The van der Waals surface area contributed by atoms with Crippen molar-refractivity contribution in [3.05, 3.63) is 35.1 Å². The summed E-state index contributed by atoms with van der Waals surface area (Å²) in [4.78, 5) is 12.1. The highest BCUT2D eigenvalue weighted by Crippen LogP contribution is 2.33. The summed E-state index contributed by atoms with van der Waals surface area (Å²) in [5.74, 6) is 5.66. The summed E-state index contributed by atoms with van der Waals surface area (Å²) in [6.07, 6.45) is 5.05. The van der Waals surface area contributed by atoms with Gasteiger partial charge in [0.1, 0.15) is 5.82 Å². The summed E-state index contributed by atoms with van der Waals surface area (Å²) < 4.78 is 13.3. The Balaban J connectivity index is 1.96. The van der Waals surface area contributed by atoms with Gasteiger partial charge in [-0.3, -0.25) is 4.79 Å². The van der Waals surface area contributed by atoms with Gasteiger partial charge in [-0.2, -0.15) is 0 Å². The minimum absolute atomic E-state index is 0.0309. The van der Waals surface area contributed by atoms with Crippen LogP contribution in [0.4, 0.5) is 4.39 Å². The molecule has 1 aliphatic carbocycles. The largest absolute Gasteiger partial charge is 0.395 e. The number of aliphatic hydroxyl groups excluding tert-OH is 1. The van der Waals surface area contributed by atoms with Crippen molar-refractivity contribution in [3.8, 4) is 11.8 Å². The van der Waals surface area contributed by atoms with E-state index in [1.165, 1.54) is 31.0 Å². The van der Waals surface area contributed by atoms with Crippen molar-refractivity contribution in [1.82, 2.24) is 5.32 Å². The smallest absolute Gasteiger partial charge is 0.252 e. The van der Waals surface area contributed by atoms with E-state index in [0.29, 0.717) is 18.5 Å². The lowest BCUT2D eigenvalue weighted by molar-refractivity contribution is 0.0952. The van der Waals surface area contributed by atoms with Crippen LogP contribution in [0.3, 0.4) is 0 Å². The molecule has 2 rings (SSSR count). The van der Waals surface area contributed by atoms with Crippen LogP contribution in [0.2, 0.25) is 0 Å². The minimum atomic E-state index is -0.453. The molecule has 2 N–H and O–H groups in total. The molecule has 0 aliphatic heterocycles. The zero-order valence-corrected chi connectivity index (χ0v) is 12.0. The molecule has 0 radical (unpaired) electrons. The van der Waals surface area contributed by atoms with E-state index >= 15 is 0 Å². The Hall–Kier alpha value is -1.86. The molecule has 1 aromatic rings. The highest BCUT2D eigenvalue weighted by atomic mass is 19.1. The Morgan fingerprint density at radius 3 is 2.95 bits per heavy atom. The van der Waals surface area contributed by atoms with Crippen molar-refractivity contribution in [1.29, 1.82) is 0 Å². The molecule has 0 bridgehead atoms. The van der Waals surface area contributed by atoms with Crippen LogP contribution < -0.4 is 5.32 Å². The maximum absolute atomic E-state index is 13.3. The van der Waals surface area contributed by atoms with Gasteiger partial charge in [0.05, 0.1) is 12.2 Å². The van der Waals surface area contributed by atoms with Gasteiger partial charge in [-0.15, -0.1) is 0 Å². The molecule has 4 heteroatoms. The maximum Gasteiger partial charge on any atom is 0.252 e. The van der Waals surface area contributed by atoms with E-state index in [4.69, 9.17) is 5.11 Å². The van der Waals surface area contributed by atoms with E-state index in [-0.39, 0.29) is 18.1 Å².